The molecule has 29 heavy (non-hydrogen) atoms. The number of amides is 1. The second-order valence-electron chi connectivity index (χ2n) is 8.31. The minimum absolute atomic E-state index is 0.0633. The molecule has 2 aromatic heterocycles. The molecule has 2 unspecified atom stereocenters. The van der Waals surface area contributed by atoms with Gasteiger partial charge in [0, 0.05) is 35.6 Å². The number of rotatable bonds is 3. The molecule has 4 heterocycles. The van der Waals surface area contributed by atoms with Crippen LogP contribution in [0.2, 0.25) is 0 Å². The van der Waals surface area contributed by atoms with Crippen LogP contribution in [0.5, 0.6) is 0 Å². The van der Waals surface area contributed by atoms with Crippen LogP contribution < -0.4 is 10.2 Å². The summed E-state index contributed by atoms with van der Waals surface area (Å²) in [5, 5.41) is 5.45. The molecule has 1 saturated heterocycles. The molecule has 0 radical (unpaired) electrons. The average Bonchev–Trinajstić information content (AvgIpc) is 3.47. The van der Waals surface area contributed by atoms with E-state index in [9.17, 15) is 4.79 Å². The predicted octanol–water partition coefficient (Wildman–Crippen LogP) is 3.45. The summed E-state index contributed by atoms with van der Waals surface area (Å²) in [7, 11) is 0. The normalized spacial score (nSPS) is 26.4. The molecule has 1 saturated carbocycles. The van der Waals surface area contributed by atoms with Crippen LogP contribution in [-0.4, -0.2) is 47.7 Å². The third-order valence-corrected chi connectivity index (χ3v) is 7.74. The van der Waals surface area contributed by atoms with E-state index in [1.54, 1.807) is 11.3 Å². The first-order chi connectivity index (χ1) is 14.3. The molecule has 6 rings (SSSR count). The maximum Gasteiger partial charge on any atom is 0.263 e. The fraction of sp³-hybridized carbons (Fsp3) is 0.455. The summed E-state index contributed by atoms with van der Waals surface area (Å²) in [6, 6.07) is 8.91. The summed E-state index contributed by atoms with van der Waals surface area (Å²) in [4.78, 5) is 24.2. The molecule has 0 bridgehead atoms. The third-order valence-electron chi connectivity index (χ3n) is 6.64. The summed E-state index contributed by atoms with van der Waals surface area (Å²) in [6.07, 6.45) is 6.38. The van der Waals surface area contributed by atoms with E-state index in [-0.39, 0.29) is 18.0 Å². The van der Waals surface area contributed by atoms with E-state index in [0.717, 1.165) is 41.5 Å². The maximum atomic E-state index is 12.6. The number of fused-ring (bicyclic) bond motifs is 4. The Morgan fingerprint density at radius 1 is 1.28 bits per heavy atom. The summed E-state index contributed by atoms with van der Waals surface area (Å²) >= 11 is 1.56. The van der Waals surface area contributed by atoms with Gasteiger partial charge in [-0.1, -0.05) is 36.0 Å². The van der Waals surface area contributed by atoms with Gasteiger partial charge in [-0.05, 0) is 30.9 Å². The SMILES string of the molecule is O=C1NC2CCCC2c2nc(N3CCOC[C@@H]3Cc3c[nH]c4ccccc34)sc21. The number of thiazole rings is 1. The minimum atomic E-state index is 0.0633. The van der Waals surface area contributed by atoms with Crippen molar-refractivity contribution in [3.8, 4) is 0 Å². The Kier molecular flexibility index (Phi) is 4.13. The standard InChI is InChI=1S/C22H24N4O2S/c27-21-20-19(16-5-3-7-18(16)24-21)25-22(29-20)26-8-9-28-12-14(26)10-13-11-23-17-6-2-1-4-15(13)17/h1-2,4,6,11,14,16,18,23H,3,5,7-10,12H2,(H,24,27)/t14-,16?,18?/m0/s1. The van der Waals surface area contributed by atoms with Gasteiger partial charge in [-0.25, -0.2) is 4.98 Å². The lowest BCUT2D eigenvalue weighted by molar-refractivity contribution is 0.0923. The first-order valence-electron chi connectivity index (χ1n) is 10.5. The number of morpholine rings is 1. The second-order valence-corrected chi connectivity index (χ2v) is 9.29. The lowest BCUT2D eigenvalue weighted by Crippen LogP contribution is -2.46. The molecule has 2 fully saturated rings. The Hall–Kier alpha value is -2.38. The van der Waals surface area contributed by atoms with E-state index < -0.39 is 0 Å². The van der Waals surface area contributed by atoms with Gasteiger partial charge >= 0.3 is 0 Å². The first kappa shape index (κ1) is 17.5. The van der Waals surface area contributed by atoms with E-state index in [1.165, 1.54) is 22.9 Å². The van der Waals surface area contributed by atoms with Crippen molar-refractivity contribution in [1.29, 1.82) is 0 Å². The van der Waals surface area contributed by atoms with Crippen molar-refractivity contribution in [2.75, 3.05) is 24.7 Å². The zero-order valence-corrected chi connectivity index (χ0v) is 17.0. The van der Waals surface area contributed by atoms with Crippen molar-refractivity contribution < 1.29 is 9.53 Å². The second kappa shape index (κ2) is 6.85. The molecule has 150 valence electrons. The van der Waals surface area contributed by atoms with Crippen LogP contribution in [0.1, 0.15) is 46.1 Å². The number of aromatic amines is 1. The molecule has 1 aromatic carbocycles. The predicted molar refractivity (Wildman–Crippen MR) is 114 cm³/mol. The number of hydrogen-bond acceptors (Lipinski definition) is 5. The van der Waals surface area contributed by atoms with Crippen LogP contribution in [0.3, 0.4) is 0 Å². The quantitative estimate of drug-likeness (QED) is 0.696. The number of aromatic nitrogens is 2. The minimum Gasteiger partial charge on any atom is -0.377 e. The number of carbonyl (C=O) groups is 1. The van der Waals surface area contributed by atoms with Crippen LogP contribution in [-0.2, 0) is 11.2 Å². The van der Waals surface area contributed by atoms with E-state index in [0.29, 0.717) is 19.1 Å². The molecule has 2 aliphatic heterocycles. The van der Waals surface area contributed by atoms with Crippen molar-refractivity contribution in [3.63, 3.8) is 0 Å². The number of H-pyrrole nitrogens is 1. The topological polar surface area (TPSA) is 70.2 Å². The highest BCUT2D eigenvalue weighted by atomic mass is 32.1. The number of ether oxygens (including phenoxy) is 1. The van der Waals surface area contributed by atoms with Gasteiger partial charge in [-0.2, -0.15) is 0 Å². The van der Waals surface area contributed by atoms with E-state index >= 15 is 0 Å². The van der Waals surface area contributed by atoms with E-state index in [2.05, 4.69) is 45.7 Å². The van der Waals surface area contributed by atoms with Gasteiger partial charge in [0.05, 0.1) is 24.9 Å². The number of anilines is 1. The van der Waals surface area contributed by atoms with Crippen molar-refractivity contribution >= 4 is 33.3 Å². The Labute approximate surface area is 173 Å². The van der Waals surface area contributed by atoms with Gasteiger partial charge in [-0.3, -0.25) is 4.79 Å². The van der Waals surface area contributed by atoms with Gasteiger partial charge < -0.3 is 19.9 Å². The largest absolute Gasteiger partial charge is 0.377 e. The summed E-state index contributed by atoms with van der Waals surface area (Å²) < 4.78 is 5.83. The highest BCUT2D eigenvalue weighted by Gasteiger charge is 2.40. The molecule has 3 atom stereocenters. The number of nitrogens with zero attached hydrogens (tertiary/aromatic N) is 2. The van der Waals surface area contributed by atoms with Crippen LogP contribution >= 0.6 is 11.3 Å². The summed E-state index contributed by atoms with van der Waals surface area (Å²) in [6.45, 7) is 2.20. The van der Waals surface area contributed by atoms with Crippen LogP contribution in [0.25, 0.3) is 10.9 Å². The molecule has 1 aliphatic carbocycles. The number of benzene rings is 1. The van der Waals surface area contributed by atoms with Gasteiger partial charge in [0.15, 0.2) is 5.13 Å². The fourth-order valence-corrected chi connectivity index (χ4v) is 6.32. The van der Waals surface area contributed by atoms with Crippen LogP contribution in [0.15, 0.2) is 30.5 Å². The monoisotopic (exact) mass is 408 g/mol. The first-order valence-corrected chi connectivity index (χ1v) is 11.3. The molecule has 3 aliphatic rings. The number of hydrogen-bond donors (Lipinski definition) is 2. The lowest BCUT2D eigenvalue weighted by Gasteiger charge is -2.35. The Balaban J connectivity index is 1.32. The van der Waals surface area contributed by atoms with Crippen molar-refractivity contribution in [3.05, 3.63) is 46.6 Å². The maximum absolute atomic E-state index is 12.6. The molecular formula is C22H24N4O2S. The van der Waals surface area contributed by atoms with Crippen molar-refractivity contribution in [2.24, 2.45) is 0 Å². The Bertz CT molecular complexity index is 1070. The van der Waals surface area contributed by atoms with Crippen molar-refractivity contribution in [1.82, 2.24) is 15.3 Å². The molecule has 1 amide bonds. The number of carbonyl (C=O) groups excluding carboxylic acids is 1. The fourth-order valence-electron chi connectivity index (χ4n) is 5.18. The number of para-hydroxylation sites is 1. The average molecular weight is 409 g/mol. The highest BCUT2D eigenvalue weighted by molar-refractivity contribution is 7.17. The zero-order valence-electron chi connectivity index (χ0n) is 16.2. The summed E-state index contributed by atoms with van der Waals surface area (Å²) in [5.41, 5.74) is 3.50. The highest BCUT2D eigenvalue weighted by Crippen LogP contribution is 2.43. The molecule has 6 nitrogen and oxygen atoms in total. The molecule has 0 spiro atoms. The molecule has 2 N–H and O–H groups in total. The molecule has 7 heteroatoms. The Morgan fingerprint density at radius 3 is 3.17 bits per heavy atom. The number of nitrogens with one attached hydrogen (secondary N) is 2. The van der Waals surface area contributed by atoms with Gasteiger partial charge in [0.2, 0.25) is 0 Å². The zero-order chi connectivity index (χ0) is 19.4. The van der Waals surface area contributed by atoms with Crippen molar-refractivity contribution in [2.45, 2.75) is 43.7 Å². The third kappa shape index (κ3) is 2.87. The molecular weight excluding hydrogens is 384 g/mol. The van der Waals surface area contributed by atoms with E-state index in [4.69, 9.17) is 9.72 Å². The Morgan fingerprint density at radius 2 is 2.21 bits per heavy atom. The smallest absolute Gasteiger partial charge is 0.263 e. The van der Waals surface area contributed by atoms with Gasteiger partial charge in [-0.15, -0.1) is 0 Å². The van der Waals surface area contributed by atoms with Crippen LogP contribution in [0, 0.1) is 0 Å². The van der Waals surface area contributed by atoms with Crippen LogP contribution in [0.4, 0.5) is 5.13 Å². The van der Waals surface area contributed by atoms with Gasteiger partial charge in [0.25, 0.3) is 5.91 Å². The lowest BCUT2D eigenvalue weighted by atomic mass is 9.95. The summed E-state index contributed by atoms with van der Waals surface area (Å²) in [5.74, 6) is 0.453. The van der Waals surface area contributed by atoms with E-state index in [1.807, 2.05) is 0 Å². The van der Waals surface area contributed by atoms with Gasteiger partial charge in [0.1, 0.15) is 4.88 Å². The molecule has 3 aromatic rings.